The Labute approximate surface area is 101 Å². The fourth-order valence-electron chi connectivity index (χ4n) is 3.51. The van der Waals surface area contributed by atoms with E-state index < -0.39 is 0 Å². The van der Waals surface area contributed by atoms with Gasteiger partial charge in [0.25, 0.3) is 0 Å². The Morgan fingerprint density at radius 1 is 1.59 bits per heavy atom. The Hall–Kier alpha value is -1.29. The van der Waals surface area contributed by atoms with Gasteiger partial charge in [0.1, 0.15) is 0 Å². The van der Waals surface area contributed by atoms with Crippen molar-refractivity contribution in [3.63, 3.8) is 0 Å². The summed E-state index contributed by atoms with van der Waals surface area (Å²) in [5, 5.41) is 9.68. The summed E-state index contributed by atoms with van der Waals surface area (Å²) < 4.78 is 0. The van der Waals surface area contributed by atoms with Gasteiger partial charge in [-0.1, -0.05) is 6.42 Å². The number of rotatable bonds is 2. The summed E-state index contributed by atoms with van der Waals surface area (Å²) in [6.45, 7) is 2.18. The van der Waals surface area contributed by atoms with Gasteiger partial charge in [0.2, 0.25) is 0 Å². The fraction of sp³-hybridized carbons (Fsp3) is 0.615. The standard InChI is InChI=1S/C13H19N3O/c14-11-4-2-6-15-12(11)16-7-10-3-1-5-13(10,8-16)9-17/h2,4,6,10,17H,1,3,5,7-9,14H2. The zero-order chi connectivity index (χ0) is 11.9. The highest BCUT2D eigenvalue weighted by Gasteiger charge is 2.49. The van der Waals surface area contributed by atoms with Gasteiger partial charge >= 0.3 is 0 Å². The van der Waals surface area contributed by atoms with Crippen LogP contribution in [-0.2, 0) is 0 Å². The Bertz CT molecular complexity index is 423. The van der Waals surface area contributed by atoms with Crippen LogP contribution in [0, 0.1) is 11.3 Å². The van der Waals surface area contributed by atoms with E-state index in [0.717, 1.165) is 31.0 Å². The molecular formula is C13H19N3O. The first-order valence-corrected chi connectivity index (χ1v) is 6.31. The molecule has 2 atom stereocenters. The summed E-state index contributed by atoms with van der Waals surface area (Å²) in [7, 11) is 0. The van der Waals surface area contributed by atoms with Crippen molar-refractivity contribution in [2.24, 2.45) is 11.3 Å². The van der Waals surface area contributed by atoms with Crippen molar-refractivity contribution in [1.82, 2.24) is 4.98 Å². The van der Waals surface area contributed by atoms with Crippen molar-refractivity contribution >= 4 is 11.5 Å². The second kappa shape index (κ2) is 3.88. The molecular weight excluding hydrogens is 214 g/mol. The van der Waals surface area contributed by atoms with Gasteiger partial charge in [-0.2, -0.15) is 0 Å². The van der Waals surface area contributed by atoms with Gasteiger partial charge in [-0.05, 0) is 30.9 Å². The third kappa shape index (κ3) is 1.59. The maximum Gasteiger partial charge on any atom is 0.151 e. The Morgan fingerprint density at radius 3 is 3.18 bits per heavy atom. The lowest BCUT2D eigenvalue weighted by Gasteiger charge is -2.26. The predicted molar refractivity (Wildman–Crippen MR) is 67.7 cm³/mol. The minimum absolute atomic E-state index is 0.101. The van der Waals surface area contributed by atoms with Crippen molar-refractivity contribution in [3.05, 3.63) is 18.3 Å². The number of aliphatic hydroxyl groups excluding tert-OH is 1. The van der Waals surface area contributed by atoms with Gasteiger partial charge in [-0.15, -0.1) is 0 Å². The van der Waals surface area contributed by atoms with E-state index in [2.05, 4.69) is 9.88 Å². The Balaban J connectivity index is 1.87. The van der Waals surface area contributed by atoms with Crippen LogP contribution >= 0.6 is 0 Å². The van der Waals surface area contributed by atoms with E-state index >= 15 is 0 Å². The molecule has 1 aromatic rings. The van der Waals surface area contributed by atoms with E-state index in [1.54, 1.807) is 6.20 Å². The average Bonchev–Trinajstić information content (AvgIpc) is 2.86. The number of nitrogens with zero attached hydrogens (tertiary/aromatic N) is 2. The summed E-state index contributed by atoms with van der Waals surface area (Å²) in [5.74, 6) is 1.49. The molecule has 0 amide bonds. The molecule has 4 heteroatoms. The number of fused-ring (bicyclic) bond motifs is 1. The lowest BCUT2D eigenvalue weighted by molar-refractivity contribution is 0.121. The highest BCUT2D eigenvalue weighted by molar-refractivity contribution is 5.63. The van der Waals surface area contributed by atoms with Crippen LogP contribution in [0.1, 0.15) is 19.3 Å². The molecule has 2 fully saturated rings. The minimum Gasteiger partial charge on any atom is -0.396 e. The molecule has 92 valence electrons. The third-order valence-corrected chi connectivity index (χ3v) is 4.47. The van der Waals surface area contributed by atoms with Crippen LogP contribution in [0.5, 0.6) is 0 Å². The molecule has 4 nitrogen and oxygen atoms in total. The minimum atomic E-state index is 0.101. The number of hydrogen-bond acceptors (Lipinski definition) is 4. The highest BCUT2D eigenvalue weighted by Crippen LogP contribution is 2.49. The summed E-state index contributed by atoms with van der Waals surface area (Å²) >= 11 is 0. The number of anilines is 2. The topological polar surface area (TPSA) is 62.4 Å². The van der Waals surface area contributed by atoms with Crippen LogP contribution in [0.15, 0.2) is 18.3 Å². The Morgan fingerprint density at radius 2 is 2.47 bits per heavy atom. The molecule has 1 aliphatic carbocycles. The first-order valence-electron chi connectivity index (χ1n) is 6.31. The monoisotopic (exact) mass is 233 g/mol. The van der Waals surface area contributed by atoms with Gasteiger partial charge in [-0.3, -0.25) is 0 Å². The molecule has 0 bridgehead atoms. The van der Waals surface area contributed by atoms with E-state index in [0.29, 0.717) is 12.5 Å². The van der Waals surface area contributed by atoms with Gasteiger partial charge in [0, 0.05) is 24.7 Å². The predicted octanol–water partition coefficient (Wildman–Crippen LogP) is 1.26. The molecule has 0 spiro atoms. The third-order valence-electron chi connectivity index (χ3n) is 4.47. The zero-order valence-electron chi connectivity index (χ0n) is 9.97. The van der Waals surface area contributed by atoms with E-state index in [1.807, 2.05) is 12.1 Å². The smallest absolute Gasteiger partial charge is 0.151 e. The summed E-state index contributed by atoms with van der Waals surface area (Å²) in [5.41, 5.74) is 6.81. The largest absolute Gasteiger partial charge is 0.396 e. The molecule has 2 unspecified atom stereocenters. The first-order chi connectivity index (χ1) is 8.25. The average molecular weight is 233 g/mol. The molecule has 1 saturated carbocycles. The van der Waals surface area contributed by atoms with Crippen molar-refractivity contribution < 1.29 is 5.11 Å². The number of nitrogen functional groups attached to an aromatic ring is 1. The Kier molecular flexibility index (Phi) is 2.47. The number of pyridine rings is 1. The van der Waals surface area contributed by atoms with E-state index in [9.17, 15) is 5.11 Å². The molecule has 1 aromatic heterocycles. The number of aliphatic hydroxyl groups is 1. The van der Waals surface area contributed by atoms with Gasteiger partial charge in [0.05, 0.1) is 12.3 Å². The maximum atomic E-state index is 9.68. The zero-order valence-corrected chi connectivity index (χ0v) is 9.97. The van der Waals surface area contributed by atoms with Gasteiger partial charge in [-0.25, -0.2) is 4.98 Å². The van der Waals surface area contributed by atoms with Crippen LogP contribution in [0.25, 0.3) is 0 Å². The van der Waals surface area contributed by atoms with Crippen LogP contribution in [0.4, 0.5) is 11.5 Å². The summed E-state index contributed by atoms with van der Waals surface area (Å²) in [6.07, 6.45) is 5.39. The van der Waals surface area contributed by atoms with Crippen LogP contribution in [-0.4, -0.2) is 29.8 Å². The number of nitrogens with two attached hydrogens (primary N) is 1. The van der Waals surface area contributed by atoms with Gasteiger partial charge < -0.3 is 15.7 Å². The molecule has 0 aromatic carbocycles. The molecule has 3 rings (SSSR count). The maximum absolute atomic E-state index is 9.68. The summed E-state index contributed by atoms with van der Waals surface area (Å²) in [6, 6.07) is 3.75. The molecule has 2 heterocycles. The number of hydrogen-bond donors (Lipinski definition) is 2. The molecule has 0 radical (unpaired) electrons. The molecule has 17 heavy (non-hydrogen) atoms. The van der Waals surface area contributed by atoms with E-state index in [4.69, 9.17) is 5.73 Å². The number of aromatic nitrogens is 1. The van der Waals surface area contributed by atoms with E-state index in [1.165, 1.54) is 12.8 Å². The second-order valence-electron chi connectivity index (χ2n) is 5.41. The SMILES string of the molecule is Nc1cccnc1N1CC2CCCC2(CO)C1. The van der Waals surface area contributed by atoms with Crippen LogP contribution in [0.3, 0.4) is 0 Å². The van der Waals surface area contributed by atoms with E-state index in [-0.39, 0.29) is 5.41 Å². The molecule has 1 aliphatic heterocycles. The first kappa shape index (κ1) is 10.8. The van der Waals surface area contributed by atoms with Crippen LogP contribution in [0.2, 0.25) is 0 Å². The van der Waals surface area contributed by atoms with Crippen molar-refractivity contribution in [1.29, 1.82) is 0 Å². The normalized spacial score (nSPS) is 31.8. The molecule has 2 aliphatic rings. The second-order valence-corrected chi connectivity index (χ2v) is 5.41. The summed E-state index contributed by atoms with van der Waals surface area (Å²) in [4.78, 5) is 6.62. The van der Waals surface area contributed by atoms with Gasteiger partial charge in [0.15, 0.2) is 5.82 Å². The lowest BCUT2D eigenvalue weighted by atomic mass is 9.82. The highest BCUT2D eigenvalue weighted by atomic mass is 16.3. The quantitative estimate of drug-likeness (QED) is 0.807. The lowest BCUT2D eigenvalue weighted by Crippen LogP contribution is -2.31. The fourth-order valence-corrected chi connectivity index (χ4v) is 3.51. The van der Waals surface area contributed by atoms with Crippen molar-refractivity contribution in [2.45, 2.75) is 19.3 Å². The van der Waals surface area contributed by atoms with Crippen molar-refractivity contribution in [3.8, 4) is 0 Å². The molecule has 3 N–H and O–H groups in total. The van der Waals surface area contributed by atoms with Crippen LogP contribution < -0.4 is 10.6 Å². The van der Waals surface area contributed by atoms with Crippen molar-refractivity contribution in [2.75, 3.05) is 30.3 Å². The molecule has 1 saturated heterocycles.